The number of hydrogen-bond donors (Lipinski definition) is 0. The molecule has 0 N–H and O–H groups in total. The Morgan fingerprint density at radius 1 is 1.28 bits per heavy atom. The van der Waals surface area contributed by atoms with Gasteiger partial charge in [-0.3, -0.25) is 9.69 Å². The first-order valence-electron chi connectivity index (χ1n) is 7.70. The minimum atomic E-state index is -0.0154. The van der Waals surface area contributed by atoms with Crippen LogP contribution in [0.5, 0.6) is 0 Å². The van der Waals surface area contributed by atoms with Gasteiger partial charge < -0.3 is 0 Å². The van der Waals surface area contributed by atoms with Crippen molar-refractivity contribution in [2.75, 3.05) is 17.2 Å². The molecule has 0 radical (unpaired) electrons. The molecule has 3 aromatic heterocycles. The molecule has 0 spiro atoms. The zero-order valence-corrected chi connectivity index (χ0v) is 15.0. The summed E-state index contributed by atoms with van der Waals surface area (Å²) in [6.07, 6.45) is 3.44. The number of nitrogens with zero attached hydrogens (tertiary/aromatic N) is 6. The van der Waals surface area contributed by atoms with E-state index in [4.69, 9.17) is 0 Å². The fourth-order valence-corrected chi connectivity index (χ4v) is 4.12. The molecule has 0 aliphatic heterocycles. The summed E-state index contributed by atoms with van der Waals surface area (Å²) < 4.78 is 2.67. The van der Waals surface area contributed by atoms with Crippen molar-refractivity contribution in [1.82, 2.24) is 24.6 Å². The first-order valence-corrected chi connectivity index (χ1v) is 9.51. The molecule has 3 heterocycles. The lowest BCUT2D eigenvalue weighted by atomic mass is 10.3. The zero-order valence-electron chi connectivity index (χ0n) is 13.4. The third-order valence-corrected chi connectivity index (χ3v) is 5.43. The first-order chi connectivity index (χ1) is 12.2. The number of hydrogen-bond acceptors (Lipinski definition) is 7. The predicted octanol–water partition coefficient (Wildman–Crippen LogP) is 2.88. The molecular formula is C16H14N6OS2. The Morgan fingerprint density at radius 3 is 2.96 bits per heavy atom. The summed E-state index contributed by atoms with van der Waals surface area (Å²) in [6.45, 7) is 2.51. The van der Waals surface area contributed by atoms with Gasteiger partial charge in [-0.05, 0) is 25.1 Å². The molecule has 0 aliphatic carbocycles. The molecule has 1 aromatic carbocycles. The molecular weight excluding hydrogens is 356 g/mol. The topological polar surface area (TPSA) is 76.3 Å². The predicted molar refractivity (Wildman–Crippen MR) is 99.2 cm³/mol. The molecule has 0 unspecified atom stereocenters. The van der Waals surface area contributed by atoms with Gasteiger partial charge in [-0.2, -0.15) is 4.98 Å². The number of benzene rings is 1. The van der Waals surface area contributed by atoms with Crippen molar-refractivity contribution < 1.29 is 4.79 Å². The second-order valence-corrected chi connectivity index (χ2v) is 7.10. The fraction of sp³-hybridized carbons (Fsp3) is 0.188. The van der Waals surface area contributed by atoms with Gasteiger partial charge in [0.15, 0.2) is 5.13 Å². The van der Waals surface area contributed by atoms with E-state index >= 15 is 0 Å². The Kier molecular flexibility index (Phi) is 4.33. The summed E-state index contributed by atoms with van der Waals surface area (Å²) in [7, 11) is 0. The van der Waals surface area contributed by atoms with Crippen LogP contribution in [0.1, 0.15) is 6.92 Å². The Morgan fingerprint density at radius 2 is 2.16 bits per heavy atom. The smallest absolute Gasteiger partial charge is 0.253 e. The largest absolute Gasteiger partial charge is 0.288 e. The number of carbonyl (C=O) groups is 1. The second kappa shape index (κ2) is 6.77. The van der Waals surface area contributed by atoms with Gasteiger partial charge in [0, 0.05) is 18.9 Å². The molecule has 0 fully saturated rings. The van der Waals surface area contributed by atoms with Crippen LogP contribution >= 0.6 is 23.1 Å². The molecule has 0 saturated carbocycles. The number of thiazole rings is 1. The highest BCUT2D eigenvalue weighted by atomic mass is 32.2. The van der Waals surface area contributed by atoms with Crippen molar-refractivity contribution in [3.05, 3.63) is 42.7 Å². The summed E-state index contributed by atoms with van der Waals surface area (Å²) in [5.41, 5.74) is 0.912. The fourth-order valence-electron chi connectivity index (χ4n) is 2.37. The molecule has 0 atom stereocenters. The summed E-state index contributed by atoms with van der Waals surface area (Å²) in [4.78, 5) is 27.3. The lowest BCUT2D eigenvalue weighted by Gasteiger charge is -2.16. The van der Waals surface area contributed by atoms with E-state index in [2.05, 4.69) is 20.1 Å². The van der Waals surface area contributed by atoms with Crippen molar-refractivity contribution in [2.24, 2.45) is 0 Å². The van der Waals surface area contributed by atoms with Crippen LogP contribution in [0.3, 0.4) is 0 Å². The monoisotopic (exact) mass is 370 g/mol. The molecule has 4 aromatic rings. The van der Waals surface area contributed by atoms with E-state index in [1.165, 1.54) is 23.1 Å². The molecule has 1 amide bonds. The lowest BCUT2D eigenvalue weighted by Crippen LogP contribution is -2.32. The minimum absolute atomic E-state index is 0.0154. The van der Waals surface area contributed by atoms with Crippen LogP contribution in [-0.4, -0.2) is 42.8 Å². The highest BCUT2D eigenvalue weighted by Gasteiger charge is 2.19. The quantitative estimate of drug-likeness (QED) is 0.503. The van der Waals surface area contributed by atoms with E-state index in [1.807, 2.05) is 31.2 Å². The van der Waals surface area contributed by atoms with Crippen molar-refractivity contribution in [2.45, 2.75) is 12.1 Å². The average molecular weight is 370 g/mol. The summed E-state index contributed by atoms with van der Waals surface area (Å²) in [5.74, 6) is 0.759. The van der Waals surface area contributed by atoms with Crippen LogP contribution in [0.15, 0.2) is 47.9 Å². The Labute approximate surface area is 151 Å². The highest BCUT2D eigenvalue weighted by Crippen LogP contribution is 2.29. The molecule has 25 heavy (non-hydrogen) atoms. The van der Waals surface area contributed by atoms with E-state index in [0.717, 1.165) is 15.3 Å². The van der Waals surface area contributed by atoms with Gasteiger partial charge in [-0.1, -0.05) is 35.2 Å². The summed E-state index contributed by atoms with van der Waals surface area (Å²) >= 11 is 2.83. The number of thioether (sulfide) groups is 1. The first kappa shape index (κ1) is 16.0. The van der Waals surface area contributed by atoms with Crippen molar-refractivity contribution >= 4 is 50.1 Å². The van der Waals surface area contributed by atoms with Crippen molar-refractivity contribution in [3.63, 3.8) is 0 Å². The van der Waals surface area contributed by atoms with E-state index in [9.17, 15) is 4.79 Å². The Bertz CT molecular complexity index is 977. The van der Waals surface area contributed by atoms with Crippen LogP contribution in [0.2, 0.25) is 0 Å². The normalized spacial score (nSPS) is 11.2. The number of anilines is 1. The summed E-state index contributed by atoms with van der Waals surface area (Å²) in [5, 5.41) is 5.56. The van der Waals surface area contributed by atoms with Gasteiger partial charge in [0.2, 0.25) is 11.1 Å². The molecule has 9 heteroatoms. The second-order valence-electron chi connectivity index (χ2n) is 5.15. The maximum Gasteiger partial charge on any atom is 0.253 e. The van der Waals surface area contributed by atoms with Crippen LogP contribution in [0.4, 0.5) is 5.13 Å². The molecule has 0 aliphatic rings. The van der Waals surface area contributed by atoms with Gasteiger partial charge >= 0.3 is 0 Å². The van der Waals surface area contributed by atoms with Gasteiger partial charge in [0.25, 0.3) is 5.78 Å². The number of para-hydroxylation sites is 1. The third-order valence-electron chi connectivity index (χ3n) is 3.55. The van der Waals surface area contributed by atoms with E-state index in [-0.39, 0.29) is 11.7 Å². The van der Waals surface area contributed by atoms with E-state index in [0.29, 0.717) is 17.5 Å². The van der Waals surface area contributed by atoms with Gasteiger partial charge in [0.05, 0.1) is 16.0 Å². The molecule has 126 valence electrons. The van der Waals surface area contributed by atoms with Crippen LogP contribution in [-0.2, 0) is 4.79 Å². The van der Waals surface area contributed by atoms with E-state index < -0.39 is 0 Å². The van der Waals surface area contributed by atoms with Gasteiger partial charge in [-0.25, -0.2) is 14.5 Å². The molecule has 7 nitrogen and oxygen atoms in total. The number of aromatic nitrogens is 5. The molecule has 4 rings (SSSR count). The average Bonchev–Trinajstić information content (AvgIpc) is 3.23. The third kappa shape index (κ3) is 3.20. The summed E-state index contributed by atoms with van der Waals surface area (Å²) in [6, 6.07) is 9.67. The minimum Gasteiger partial charge on any atom is -0.288 e. The number of rotatable bonds is 5. The van der Waals surface area contributed by atoms with Crippen LogP contribution in [0, 0.1) is 0 Å². The van der Waals surface area contributed by atoms with Gasteiger partial charge in [0.1, 0.15) is 0 Å². The zero-order chi connectivity index (χ0) is 17.2. The van der Waals surface area contributed by atoms with Crippen molar-refractivity contribution in [1.29, 1.82) is 0 Å². The Hall–Kier alpha value is -2.52. The number of fused-ring (bicyclic) bond motifs is 2. The van der Waals surface area contributed by atoms with Crippen LogP contribution in [0.25, 0.3) is 16.0 Å². The number of carbonyl (C=O) groups excluding carboxylic acids is 1. The number of amides is 1. The van der Waals surface area contributed by atoms with Crippen molar-refractivity contribution in [3.8, 4) is 0 Å². The van der Waals surface area contributed by atoms with Gasteiger partial charge in [-0.15, -0.1) is 5.10 Å². The highest BCUT2D eigenvalue weighted by molar-refractivity contribution is 7.99. The molecule has 0 saturated heterocycles. The maximum absolute atomic E-state index is 12.6. The molecule has 0 bridgehead atoms. The van der Waals surface area contributed by atoms with Crippen LogP contribution < -0.4 is 4.90 Å². The van der Waals surface area contributed by atoms with E-state index in [1.54, 1.807) is 27.9 Å². The maximum atomic E-state index is 12.6. The lowest BCUT2D eigenvalue weighted by molar-refractivity contribution is -0.116. The Balaban J connectivity index is 1.50. The standard InChI is InChI=1S/C16H14N6OS2/c1-2-21(16-18-11-6-3-4-7-12(11)25-16)13(23)10-24-15-19-14-17-8-5-9-22(14)20-15/h3-9H,2,10H2,1H3. The SMILES string of the molecule is CCN(C(=O)CSc1nc2ncccn2n1)c1nc2ccccc2s1.